The molecule has 0 fully saturated rings. The summed E-state index contributed by atoms with van der Waals surface area (Å²) in [6, 6.07) is 10.7. The van der Waals surface area contributed by atoms with Crippen LogP contribution in [0.15, 0.2) is 42.5 Å². The molecule has 0 saturated carbocycles. The number of nitrogens with zero attached hydrogens (tertiary/aromatic N) is 3. The van der Waals surface area contributed by atoms with Gasteiger partial charge < -0.3 is 10.1 Å². The molecular formula is C19H17ClN4O4. The molecule has 0 saturated heterocycles. The maximum Gasteiger partial charge on any atom is 0.275 e. The summed E-state index contributed by atoms with van der Waals surface area (Å²) in [4.78, 5) is 23.2. The number of carbonyl (C=O) groups excluding carboxylic acids is 1. The lowest BCUT2D eigenvalue weighted by molar-refractivity contribution is -0.384. The lowest BCUT2D eigenvalue weighted by Crippen LogP contribution is -2.16. The fourth-order valence-electron chi connectivity index (χ4n) is 2.65. The van der Waals surface area contributed by atoms with Crippen molar-refractivity contribution in [3.8, 4) is 11.5 Å². The smallest absolute Gasteiger partial charge is 0.275 e. The van der Waals surface area contributed by atoms with Gasteiger partial charge in [-0.15, -0.1) is 0 Å². The number of aromatic nitrogens is 2. The lowest BCUT2D eigenvalue weighted by atomic mass is 10.2. The summed E-state index contributed by atoms with van der Waals surface area (Å²) in [6.45, 7) is 3.59. The van der Waals surface area contributed by atoms with Crippen molar-refractivity contribution in [3.63, 3.8) is 0 Å². The molecule has 0 atom stereocenters. The van der Waals surface area contributed by atoms with E-state index < -0.39 is 10.8 Å². The maximum atomic E-state index is 12.5. The number of nitro benzene ring substituents is 1. The van der Waals surface area contributed by atoms with E-state index in [1.807, 2.05) is 6.92 Å². The molecule has 0 unspecified atom stereocenters. The van der Waals surface area contributed by atoms with Crippen LogP contribution in [0.2, 0.25) is 5.02 Å². The highest BCUT2D eigenvalue weighted by Gasteiger charge is 2.16. The van der Waals surface area contributed by atoms with Gasteiger partial charge in [0.1, 0.15) is 17.2 Å². The van der Waals surface area contributed by atoms with E-state index in [-0.39, 0.29) is 17.1 Å². The molecule has 3 rings (SSSR count). The SMILES string of the molecule is Cc1cc(C(=O)Nc2cc(Oc3ccc(Cl)c(C)c3)cc([N+](=O)[O-])c2)n(C)n1. The summed E-state index contributed by atoms with van der Waals surface area (Å²) in [7, 11) is 1.65. The van der Waals surface area contributed by atoms with Crippen LogP contribution in [0.4, 0.5) is 11.4 Å². The number of ether oxygens (including phenoxy) is 1. The first-order valence-corrected chi connectivity index (χ1v) is 8.66. The number of aryl methyl sites for hydroxylation is 3. The number of benzene rings is 2. The summed E-state index contributed by atoms with van der Waals surface area (Å²) in [5.41, 5.74) is 1.86. The molecule has 3 aromatic rings. The molecule has 1 N–H and O–H groups in total. The number of hydrogen-bond donors (Lipinski definition) is 1. The number of hydrogen-bond acceptors (Lipinski definition) is 5. The molecule has 2 aromatic carbocycles. The van der Waals surface area contributed by atoms with Crippen molar-refractivity contribution >= 4 is 28.9 Å². The van der Waals surface area contributed by atoms with E-state index in [2.05, 4.69) is 10.4 Å². The van der Waals surface area contributed by atoms with Crippen LogP contribution in [-0.2, 0) is 7.05 Å². The van der Waals surface area contributed by atoms with Gasteiger partial charge in [-0.05, 0) is 43.7 Å². The molecule has 8 nitrogen and oxygen atoms in total. The van der Waals surface area contributed by atoms with Gasteiger partial charge in [0.25, 0.3) is 11.6 Å². The van der Waals surface area contributed by atoms with E-state index in [1.54, 1.807) is 38.2 Å². The van der Waals surface area contributed by atoms with E-state index >= 15 is 0 Å². The van der Waals surface area contributed by atoms with Gasteiger partial charge in [0.05, 0.1) is 22.4 Å². The van der Waals surface area contributed by atoms with Crippen LogP contribution in [0.25, 0.3) is 0 Å². The Hall–Kier alpha value is -3.39. The third kappa shape index (κ3) is 4.29. The molecule has 1 heterocycles. The summed E-state index contributed by atoms with van der Waals surface area (Å²) >= 11 is 6.01. The van der Waals surface area contributed by atoms with Gasteiger partial charge in [-0.1, -0.05) is 11.6 Å². The Bertz CT molecular complexity index is 1080. The molecular weight excluding hydrogens is 384 g/mol. The predicted octanol–water partition coefficient (Wildman–Crippen LogP) is 4.64. The Kier molecular flexibility index (Phi) is 5.32. The second kappa shape index (κ2) is 7.69. The normalized spacial score (nSPS) is 10.6. The third-order valence-corrected chi connectivity index (χ3v) is 4.38. The number of rotatable bonds is 5. The number of nitrogens with one attached hydrogen (secondary N) is 1. The molecule has 0 aliphatic heterocycles. The second-order valence-corrected chi connectivity index (χ2v) is 6.64. The molecule has 28 heavy (non-hydrogen) atoms. The van der Waals surface area contributed by atoms with Crippen molar-refractivity contribution in [3.05, 3.63) is 74.6 Å². The highest BCUT2D eigenvalue weighted by Crippen LogP contribution is 2.31. The van der Waals surface area contributed by atoms with E-state index in [9.17, 15) is 14.9 Å². The van der Waals surface area contributed by atoms with E-state index in [0.717, 1.165) is 5.56 Å². The summed E-state index contributed by atoms with van der Waals surface area (Å²) < 4.78 is 7.17. The van der Waals surface area contributed by atoms with Gasteiger partial charge in [0.15, 0.2) is 0 Å². The van der Waals surface area contributed by atoms with E-state index in [0.29, 0.717) is 22.2 Å². The van der Waals surface area contributed by atoms with Crippen LogP contribution in [0.3, 0.4) is 0 Å². The van der Waals surface area contributed by atoms with Crippen LogP contribution in [0.1, 0.15) is 21.7 Å². The van der Waals surface area contributed by atoms with Crippen LogP contribution >= 0.6 is 11.6 Å². The monoisotopic (exact) mass is 400 g/mol. The number of non-ortho nitro benzene ring substituents is 1. The first kappa shape index (κ1) is 19.4. The average Bonchev–Trinajstić information content (AvgIpc) is 2.96. The second-order valence-electron chi connectivity index (χ2n) is 6.23. The third-order valence-electron chi connectivity index (χ3n) is 3.96. The zero-order valence-electron chi connectivity index (χ0n) is 15.4. The number of amides is 1. The zero-order chi connectivity index (χ0) is 20.4. The van der Waals surface area contributed by atoms with Crippen molar-refractivity contribution in [2.24, 2.45) is 7.05 Å². The standard InChI is InChI=1S/C19H17ClN4O4/c1-11-6-15(4-5-17(11)20)28-16-9-13(8-14(10-16)24(26)27)21-19(25)18-7-12(2)22-23(18)3/h4-10H,1-3H3,(H,21,25). The molecule has 144 valence electrons. The van der Waals surface area contributed by atoms with Gasteiger partial charge in [-0.2, -0.15) is 5.10 Å². The molecule has 1 amide bonds. The number of carbonyl (C=O) groups is 1. The van der Waals surface area contributed by atoms with Crippen LogP contribution in [0.5, 0.6) is 11.5 Å². The largest absolute Gasteiger partial charge is 0.457 e. The molecule has 0 aliphatic carbocycles. The highest BCUT2D eigenvalue weighted by atomic mass is 35.5. The summed E-state index contributed by atoms with van der Waals surface area (Å²) in [6.07, 6.45) is 0. The maximum absolute atomic E-state index is 12.5. The van der Waals surface area contributed by atoms with Gasteiger partial charge >= 0.3 is 0 Å². The molecule has 0 spiro atoms. The molecule has 0 radical (unpaired) electrons. The molecule has 0 aliphatic rings. The Morgan fingerprint density at radius 1 is 1.18 bits per heavy atom. The van der Waals surface area contributed by atoms with Crippen molar-refractivity contribution < 1.29 is 14.5 Å². The highest BCUT2D eigenvalue weighted by molar-refractivity contribution is 6.31. The Balaban J connectivity index is 1.90. The Morgan fingerprint density at radius 3 is 2.54 bits per heavy atom. The Morgan fingerprint density at radius 2 is 1.93 bits per heavy atom. The lowest BCUT2D eigenvalue weighted by Gasteiger charge is -2.10. The summed E-state index contributed by atoms with van der Waals surface area (Å²) in [5.74, 6) is 0.256. The summed E-state index contributed by atoms with van der Waals surface area (Å²) in [5, 5.41) is 18.6. The topological polar surface area (TPSA) is 99.3 Å². The first-order chi connectivity index (χ1) is 13.2. The number of anilines is 1. The molecule has 1 aromatic heterocycles. The van der Waals surface area contributed by atoms with Gasteiger partial charge in [0, 0.05) is 24.2 Å². The predicted molar refractivity (Wildman–Crippen MR) is 105 cm³/mol. The van der Waals surface area contributed by atoms with E-state index in [4.69, 9.17) is 16.3 Å². The van der Waals surface area contributed by atoms with Crippen LogP contribution < -0.4 is 10.1 Å². The van der Waals surface area contributed by atoms with Crippen molar-refractivity contribution in [1.82, 2.24) is 9.78 Å². The fraction of sp³-hybridized carbons (Fsp3) is 0.158. The quantitative estimate of drug-likeness (QED) is 0.496. The molecule has 0 bridgehead atoms. The average molecular weight is 401 g/mol. The van der Waals surface area contributed by atoms with Crippen molar-refractivity contribution in [1.29, 1.82) is 0 Å². The van der Waals surface area contributed by atoms with Crippen molar-refractivity contribution in [2.45, 2.75) is 13.8 Å². The van der Waals surface area contributed by atoms with Gasteiger partial charge in [0.2, 0.25) is 0 Å². The zero-order valence-corrected chi connectivity index (χ0v) is 16.1. The fourth-order valence-corrected chi connectivity index (χ4v) is 2.77. The van der Waals surface area contributed by atoms with E-state index in [1.165, 1.54) is 22.9 Å². The minimum atomic E-state index is -0.552. The number of halogens is 1. The molecule has 9 heteroatoms. The van der Waals surface area contributed by atoms with Crippen LogP contribution in [-0.4, -0.2) is 20.6 Å². The Labute approximate surface area is 165 Å². The van der Waals surface area contributed by atoms with Crippen molar-refractivity contribution in [2.75, 3.05) is 5.32 Å². The van der Waals surface area contributed by atoms with Crippen LogP contribution in [0, 0.1) is 24.0 Å². The number of nitro groups is 1. The first-order valence-electron chi connectivity index (χ1n) is 8.28. The minimum absolute atomic E-state index is 0.209. The minimum Gasteiger partial charge on any atom is -0.457 e. The van der Waals surface area contributed by atoms with Gasteiger partial charge in [-0.3, -0.25) is 19.6 Å². The van der Waals surface area contributed by atoms with Gasteiger partial charge in [-0.25, -0.2) is 0 Å².